The summed E-state index contributed by atoms with van der Waals surface area (Å²) >= 11 is 0. The zero-order chi connectivity index (χ0) is 21.6. The van der Waals surface area contributed by atoms with Gasteiger partial charge in [0.2, 0.25) is 5.91 Å². The fourth-order valence-corrected chi connectivity index (χ4v) is 3.74. The first kappa shape index (κ1) is 23.1. The van der Waals surface area contributed by atoms with E-state index in [4.69, 9.17) is 9.47 Å². The minimum absolute atomic E-state index is 0.0147. The molecule has 1 aliphatic rings. The highest BCUT2D eigenvalue weighted by atomic mass is 16.5. The van der Waals surface area contributed by atoms with Gasteiger partial charge in [0.15, 0.2) is 5.78 Å². The Balaban J connectivity index is 2.23. The van der Waals surface area contributed by atoms with Crippen molar-refractivity contribution in [2.24, 2.45) is 5.92 Å². The number of esters is 1. The van der Waals surface area contributed by atoms with Crippen LogP contribution in [0.1, 0.15) is 78.6 Å². The van der Waals surface area contributed by atoms with Crippen LogP contribution in [0.4, 0.5) is 0 Å². The van der Waals surface area contributed by atoms with Gasteiger partial charge in [0.25, 0.3) is 0 Å². The van der Waals surface area contributed by atoms with Gasteiger partial charge in [-0.25, -0.2) is 4.79 Å². The van der Waals surface area contributed by atoms with Crippen LogP contribution in [0.15, 0.2) is 0 Å². The number of ketones is 1. The van der Waals surface area contributed by atoms with E-state index in [1.807, 2.05) is 6.92 Å². The van der Waals surface area contributed by atoms with Crippen molar-refractivity contribution >= 4 is 17.7 Å². The summed E-state index contributed by atoms with van der Waals surface area (Å²) < 4.78 is 10.5. The summed E-state index contributed by atoms with van der Waals surface area (Å²) in [5.74, 6) is -0.569. The summed E-state index contributed by atoms with van der Waals surface area (Å²) in [6, 6.07) is -0.604. The third-order valence-corrected chi connectivity index (χ3v) is 5.64. The van der Waals surface area contributed by atoms with E-state index in [9.17, 15) is 14.4 Å². The van der Waals surface area contributed by atoms with Crippen molar-refractivity contribution in [3.63, 3.8) is 0 Å². The second-order valence-electron chi connectivity index (χ2n) is 7.60. The molecule has 0 saturated heterocycles. The molecule has 1 heterocycles. The van der Waals surface area contributed by atoms with Crippen LogP contribution in [0.3, 0.4) is 0 Å². The second-order valence-corrected chi connectivity index (χ2v) is 7.60. The quantitative estimate of drug-likeness (QED) is 0.345. The lowest BCUT2D eigenvalue weighted by Crippen LogP contribution is -2.48. The Labute approximate surface area is 173 Å². The molecule has 1 aliphatic carbocycles. The van der Waals surface area contributed by atoms with Crippen molar-refractivity contribution in [3.05, 3.63) is 22.5 Å². The minimum atomic E-state index is -0.604. The summed E-state index contributed by atoms with van der Waals surface area (Å²) in [6.45, 7) is 10.9. The van der Waals surface area contributed by atoms with Crippen LogP contribution in [-0.2, 0) is 14.3 Å². The molecule has 7 heteroatoms. The Morgan fingerprint density at radius 2 is 1.86 bits per heavy atom. The largest absolute Gasteiger partial charge is 0.461 e. The van der Waals surface area contributed by atoms with Gasteiger partial charge in [0.1, 0.15) is 5.69 Å². The fourth-order valence-electron chi connectivity index (χ4n) is 3.74. The number of aryl methyl sites for hydroxylation is 1. The highest BCUT2D eigenvalue weighted by Gasteiger charge is 2.35. The molecule has 1 N–H and O–H groups in total. The molecule has 1 fully saturated rings. The van der Waals surface area contributed by atoms with E-state index < -0.39 is 12.0 Å². The molecule has 29 heavy (non-hydrogen) atoms. The Morgan fingerprint density at radius 1 is 1.17 bits per heavy atom. The van der Waals surface area contributed by atoms with Crippen molar-refractivity contribution < 1.29 is 23.9 Å². The van der Waals surface area contributed by atoms with Crippen LogP contribution in [0.2, 0.25) is 0 Å². The van der Waals surface area contributed by atoms with Gasteiger partial charge in [-0.2, -0.15) is 0 Å². The number of amides is 1. The molecule has 0 aliphatic heterocycles. The summed E-state index contributed by atoms with van der Waals surface area (Å²) in [5, 5.41) is 0. The Bertz CT molecular complexity index is 736. The number of ether oxygens (including phenoxy) is 2. The number of nitrogens with zero attached hydrogens (tertiary/aromatic N) is 1. The number of nitrogens with one attached hydrogen (secondary N) is 1. The molecule has 1 saturated carbocycles. The summed E-state index contributed by atoms with van der Waals surface area (Å²) in [5.41, 5.74) is 1.96. The lowest BCUT2D eigenvalue weighted by molar-refractivity contribution is -0.139. The molecule has 0 unspecified atom stereocenters. The Morgan fingerprint density at radius 3 is 2.41 bits per heavy atom. The molecule has 2 rings (SSSR count). The first-order valence-corrected chi connectivity index (χ1v) is 10.6. The smallest absolute Gasteiger partial charge is 0.355 e. The van der Waals surface area contributed by atoms with Crippen LogP contribution >= 0.6 is 0 Å². The van der Waals surface area contributed by atoms with Gasteiger partial charge >= 0.3 is 5.97 Å². The lowest BCUT2D eigenvalue weighted by atomic mass is 9.83. The first-order chi connectivity index (χ1) is 13.8. The van der Waals surface area contributed by atoms with E-state index in [1.165, 1.54) is 0 Å². The summed E-state index contributed by atoms with van der Waals surface area (Å²) in [7, 11) is 0. The summed E-state index contributed by atoms with van der Waals surface area (Å²) in [6.07, 6.45) is 3.52. The number of rotatable bonds is 11. The van der Waals surface area contributed by atoms with Crippen molar-refractivity contribution in [1.82, 2.24) is 9.88 Å². The lowest BCUT2D eigenvalue weighted by Gasteiger charge is -2.35. The molecule has 1 atom stereocenters. The van der Waals surface area contributed by atoms with Crippen molar-refractivity contribution in [2.75, 3.05) is 26.4 Å². The van der Waals surface area contributed by atoms with E-state index in [0.29, 0.717) is 48.7 Å². The maximum atomic E-state index is 13.3. The van der Waals surface area contributed by atoms with E-state index >= 15 is 0 Å². The molecule has 0 spiro atoms. The number of aromatic nitrogens is 1. The zero-order valence-electron chi connectivity index (χ0n) is 18.3. The predicted molar refractivity (Wildman–Crippen MR) is 110 cm³/mol. The molecular formula is C22H34N2O5. The Hall–Kier alpha value is -2.15. The fraction of sp³-hybridized carbons (Fsp3) is 0.682. The average Bonchev–Trinajstić information content (AvgIpc) is 2.93. The molecule has 1 aromatic rings. The van der Waals surface area contributed by atoms with Crippen LogP contribution in [-0.4, -0.2) is 60.0 Å². The van der Waals surface area contributed by atoms with Crippen molar-refractivity contribution in [1.29, 1.82) is 0 Å². The third-order valence-electron chi connectivity index (χ3n) is 5.64. The summed E-state index contributed by atoms with van der Waals surface area (Å²) in [4.78, 5) is 43.2. The number of aromatic amines is 1. The third kappa shape index (κ3) is 5.26. The van der Waals surface area contributed by atoms with Gasteiger partial charge in [-0.15, -0.1) is 0 Å². The Kier molecular flexibility index (Phi) is 8.44. The average molecular weight is 407 g/mol. The molecule has 1 amide bonds. The number of Topliss-reactive ketones (excluding diaryl/α,β-unsaturated/α-hetero) is 1. The van der Waals surface area contributed by atoms with E-state index in [0.717, 1.165) is 19.3 Å². The van der Waals surface area contributed by atoms with Crippen LogP contribution in [0.5, 0.6) is 0 Å². The maximum Gasteiger partial charge on any atom is 0.355 e. The van der Waals surface area contributed by atoms with E-state index in [-0.39, 0.29) is 24.2 Å². The molecule has 0 bridgehead atoms. The maximum absolute atomic E-state index is 13.3. The molecular weight excluding hydrogens is 372 g/mol. The number of carbonyl (C=O) groups excluding carboxylic acids is 3. The SMILES string of the molecule is CCOCCCN(C(=O)C1CCC1)[C@H](C)C(=O)c1c(C)[nH]c(C(=O)OCC)c1C. The van der Waals surface area contributed by atoms with Gasteiger partial charge in [-0.05, 0) is 59.4 Å². The highest BCUT2D eigenvalue weighted by Crippen LogP contribution is 2.30. The number of hydrogen-bond donors (Lipinski definition) is 1. The van der Waals surface area contributed by atoms with Gasteiger partial charge in [0.05, 0.1) is 12.6 Å². The van der Waals surface area contributed by atoms with Crippen molar-refractivity contribution in [3.8, 4) is 0 Å². The van der Waals surface area contributed by atoms with Crippen molar-refractivity contribution in [2.45, 2.75) is 66.3 Å². The first-order valence-electron chi connectivity index (χ1n) is 10.6. The van der Waals surface area contributed by atoms with E-state index in [1.54, 1.807) is 32.6 Å². The normalized spacial score (nSPS) is 14.9. The predicted octanol–water partition coefficient (Wildman–Crippen LogP) is 3.43. The highest BCUT2D eigenvalue weighted by molar-refractivity contribution is 6.06. The van der Waals surface area contributed by atoms with Crippen LogP contribution in [0.25, 0.3) is 0 Å². The monoisotopic (exact) mass is 406 g/mol. The minimum Gasteiger partial charge on any atom is -0.461 e. The molecule has 162 valence electrons. The molecule has 1 aromatic heterocycles. The van der Waals surface area contributed by atoms with Gasteiger partial charge < -0.3 is 19.4 Å². The number of carbonyl (C=O) groups is 3. The number of H-pyrrole nitrogens is 1. The van der Waals surface area contributed by atoms with Crippen LogP contribution < -0.4 is 0 Å². The van der Waals surface area contributed by atoms with Crippen LogP contribution in [0, 0.1) is 19.8 Å². The number of hydrogen-bond acceptors (Lipinski definition) is 5. The standard InChI is InChI=1S/C22H34N2O5/c1-6-28-13-9-12-24(21(26)17-10-8-11-17)16(5)20(25)18-14(3)19(23-15(18)4)22(27)29-7-2/h16-17,23H,6-13H2,1-5H3/t16-/m1/s1. The van der Waals surface area contributed by atoms with Gasteiger partial charge in [-0.1, -0.05) is 6.42 Å². The second kappa shape index (κ2) is 10.6. The van der Waals surface area contributed by atoms with Gasteiger partial charge in [0, 0.05) is 36.9 Å². The topological polar surface area (TPSA) is 88.7 Å². The zero-order valence-corrected chi connectivity index (χ0v) is 18.3. The van der Waals surface area contributed by atoms with Gasteiger partial charge in [-0.3, -0.25) is 9.59 Å². The van der Waals surface area contributed by atoms with E-state index in [2.05, 4.69) is 4.98 Å². The molecule has 0 radical (unpaired) electrons. The molecule has 0 aromatic carbocycles. The molecule has 7 nitrogen and oxygen atoms in total.